The Morgan fingerprint density at radius 3 is 2.20 bits per heavy atom. The van der Waals surface area contributed by atoms with Crippen LogP contribution < -0.4 is 0 Å². The van der Waals surface area contributed by atoms with E-state index in [1.54, 1.807) is 19.9 Å². The van der Waals surface area contributed by atoms with Crippen LogP contribution in [0.1, 0.15) is 88.0 Å². The lowest BCUT2D eigenvalue weighted by Gasteiger charge is -2.64. The van der Waals surface area contributed by atoms with E-state index in [2.05, 4.69) is 26.0 Å². The first-order chi connectivity index (χ1) is 25.9. The number of ketones is 2. The Hall–Kier alpha value is -2.08. The number of allylic oxidation sites excluding steroid dienone is 5. The zero-order valence-electron chi connectivity index (χ0n) is 33.9. The molecule has 0 amide bonds. The zero-order chi connectivity index (χ0) is 41.2. The average Bonchev–Trinajstić information content (AvgIpc) is 3.34. The quantitative estimate of drug-likeness (QED) is 0.190. The van der Waals surface area contributed by atoms with Gasteiger partial charge in [-0.1, -0.05) is 44.1 Å². The Balaban J connectivity index is 1.24. The SMILES string of the molecule is CC(C)=C[C@@H]1C[C@](C)(O)[C@@H]2[C@H](C[C@]3(C)[C@@H]4CC=C5[C@H](C=C(O[C@@H]6O[C@H](CO)[C@@H](O)[C@H](O)[C@H]6O[C@@H]6O[C@@H](C)[C@H](O)[C@@H](O)[C@H]6O)C(=O)C5(C)C)[C@]4(C)C(=O)C[C@]23C)O1. The van der Waals surface area contributed by atoms with Crippen LogP contribution in [0.4, 0.5) is 0 Å². The number of hydrogen-bond donors (Lipinski definition) is 7. The van der Waals surface area contributed by atoms with Crippen molar-refractivity contribution in [2.24, 2.45) is 39.4 Å². The summed E-state index contributed by atoms with van der Waals surface area (Å²) in [6.45, 7) is 16.5. The molecule has 0 aromatic rings. The van der Waals surface area contributed by atoms with E-state index in [9.17, 15) is 45.3 Å². The standard InChI is InChI=1S/C42H62O14/c1-18(2)12-20-14-41(8,51)34-24(53-20)15-39(6)26-11-10-21-22(42(26,9)27(44)16-40(34,39)7)13-23(35(50)38(21,4)5)54-37-33(31(48)29(46)25(17-43)55-37)56-36-32(49)30(47)28(45)19(3)52-36/h10,12-13,19-20,22,24-26,28-34,36-37,43,45-49,51H,11,14-17H2,1-9H3/t19-,20+,22-,24-,25+,26-,28-,29+,30+,31-,32+,33+,34+,36-,37+,39+,40+,41-,42-/m0/s1. The maximum atomic E-state index is 15.0. The molecule has 0 unspecified atom stereocenters. The maximum Gasteiger partial charge on any atom is 0.229 e. The molecule has 14 heteroatoms. The number of rotatable bonds is 6. The van der Waals surface area contributed by atoms with Crippen LogP contribution in [0.2, 0.25) is 0 Å². The molecular weight excluding hydrogens is 728 g/mol. The predicted molar refractivity (Wildman–Crippen MR) is 198 cm³/mol. The lowest BCUT2D eigenvalue weighted by atomic mass is 9.39. The zero-order valence-corrected chi connectivity index (χ0v) is 33.9. The van der Waals surface area contributed by atoms with Crippen LogP contribution in [-0.4, -0.2) is 133 Å². The van der Waals surface area contributed by atoms with Gasteiger partial charge in [0.05, 0.1) is 35.9 Å². The Bertz CT molecular complexity index is 1680. The van der Waals surface area contributed by atoms with Crippen molar-refractivity contribution in [3.63, 3.8) is 0 Å². The number of fused-ring (bicyclic) bond motifs is 7. The van der Waals surface area contributed by atoms with Crippen LogP contribution in [0.5, 0.6) is 0 Å². The highest BCUT2D eigenvalue weighted by molar-refractivity contribution is 6.02. The molecule has 7 N–H and O–H groups in total. The third-order valence-electron chi connectivity index (χ3n) is 15.3. The first-order valence-electron chi connectivity index (χ1n) is 20.1. The number of carbonyl (C=O) groups excluding carboxylic acids is 2. The fourth-order valence-corrected chi connectivity index (χ4v) is 12.2. The van der Waals surface area contributed by atoms with Crippen LogP contribution in [0.15, 0.2) is 35.1 Å². The molecule has 0 aromatic heterocycles. The van der Waals surface area contributed by atoms with E-state index in [1.807, 2.05) is 27.7 Å². The van der Waals surface area contributed by atoms with Gasteiger partial charge >= 0.3 is 0 Å². The summed E-state index contributed by atoms with van der Waals surface area (Å²) in [5.74, 6) is -1.63. The monoisotopic (exact) mass is 790 g/mol. The Labute approximate surface area is 328 Å². The molecule has 3 aliphatic heterocycles. The second-order valence-electron chi connectivity index (χ2n) is 19.4. The topological polar surface area (TPSA) is 222 Å². The highest BCUT2D eigenvalue weighted by Gasteiger charge is 2.75. The van der Waals surface area contributed by atoms with E-state index in [-0.39, 0.29) is 42.0 Å². The first kappa shape index (κ1) is 42.1. The van der Waals surface area contributed by atoms with E-state index in [0.717, 1.165) is 11.1 Å². The molecule has 0 radical (unpaired) electrons. The highest BCUT2D eigenvalue weighted by atomic mass is 16.8. The minimum Gasteiger partial charge on any atom is -0.459 e. The van der Waals surface area contributed by atoms with Crippen molar-refractivity contribution in [2.45, 2.75) is 167 Å². The van der Waals surface area contributed by atoms with Gasteiger partial charge in [-0.25, -0.2) is 0 Å². The van der Waals surface area contributed by atoms with Gasteiger partial charge in [-0.3, -0.25) is 9.59 Å². The summed E-state index contributed by atoms with van der Waals surface area (Å²) in [5, 5.41) is 75.6. The number of aliphatic hydroxyl groups is 7. The lowest BCUT2D eigenvalue weighted by Crippen LogP contribution is -2.65. The summed E-state index contributed by atoms with van der Waals surface area (Å²) >= 11 is 0. The third-order valence-corrected chi connectivity index (χ3v) is 15.3. The van der Waals surface area contributed by atoms with Gasteiger partial charge in [-0.05, 0) is 77.2 Å². The maximum absolute atomic E-state index is 15.0. The molecule has 2 saturated carbocycles. The lowest BCUT2D eigenvalue weighted by molar-refractivity contribution is -0.360. The fourth-order valence-electron chi connectivity index (χ4n) is 12.2. The number of carbonyl (C=O) groups is 2. The van der Waals surface area contributed by atoms with Crippen molar-refractivity contribution >= 4 is 11.6 Å². The second-order valence-corrected chi connectivity index (χ2v) is 19.4. The summed E-state index contributed by atoms with van der Waals surface area (Å²) in [6.07, 6.45) is -8.40. The fraction of sp³-hybridized carbons (Fsp3) is 0.810. The van der Waals surface area contributed by atoms with Gasteiger partial charge in [-0.2, -0.15) is 0 Å². The van der Waals surface area contributed by atoms with Gasteiger partial charge in [0.1, 0.15) is 42.4 Å². The number of Topliss-reactive ketones (excluding diaryl/α,β-unsaturated/α-hetero) is 2. The second kappa shape index (κ2) is 14.0. The largest absolute Gasteiger partial charge is 0.459 e. The van der Waals surface area contributed by atoms with Crippen molar-refractivity contribution in [1.29, 1.82) is 0 Å². The minimum absolute atomic E-state index is 0.0222. The molecule has 7 rings (SSSR count). The van der Waals surface area contributed by atoms with Crippen LogP contribution in [0.25, 0.3) is 0 Å². The summed E-state index contributed by atoms with van der Waals surface area (Å²) in [6, 6.07) is 0. The molecular formula is C42H62O14. The number of aliphatic hydroxyl groups excluding tert-OH is 6. The van der Waals surface area contributed by atoms with Crippen molar-refractivity contribution in [1.82, 2.24) is 0 Å². The molecule has 5 fully saturated rings. The molecule has 19 atom stereocenters. The van der Waals surface area contributed by atoms with E-state index in [0.29, 0.717) is 19.3 Å². The Morgan fingerprint density at radius 2 is 1.55 bits per heavy atom. The summed E-state index contributed by atoms with van der Waals surface area (Å²) < 4.78 is 30.5. The van der Waals surface area contributed by atoms with Crippen LogP contribution in [0, 0.1) is 39.4 Å². The molecule has 14 nitrogen and oxygen atoms in total. The van der Waals surface area contributed by atoms with Gasteiger partial charge in [0.15, 0.2) is 18.2 Å². The third kappa shape index (κ3) is 6.07. The van der Waals surface area contributed by atoms with E-state index in [1.165, 1.54) is 6.92 Å². The highest BCUT2D eigenvalue weighted by Crippen LogP contribution is 2.75. The molecule has 7 aliphatic rings. The number of hydrogen-bond acceptors (Lipinski definition) is 14. The van der Waals surface area contributed by atoms with Gasteiger partial charge in [0, 0.05) is 30.1 Å². The molecule has 0 spiro atoms. The van der Waals surface area contributed by atoms with E-state index >= 15 is 0 Å². The van der Waals surface area contributed by atoms with E-state index < -0.39 is 107 Å². The molecule has 3 heterocycles. The van der Waals surface area contributed by atoms with Crippen molar-refractivity contribution in [2.75, 3.05) is 6.61 Å². The Kier molecular flexibility index (Phi) is 10.5. The normalized spacial score (nSPS) is 52.5. The molecule has 3 saturated heterocycles. The van der Waals surface area contributed by atoms with Crippen LogP contribution >= 0.6 is 0 Å². The van der Waals surface area contributed by atoms with Crippen molar-refractivity contribution < 1.29 is 69.0 Å². The molecule has 4 aliphatic carbocycles. The van der Waals surface area contributed by atoms with E-state index in [4.69, 9.17) is 23.7 Å². The van der Waals surface area contributed by atoms with Crippen molar-refractivity contribution in [3.8, 4) is 0 Å². The molecule has 56 heavy (non-hydrogen) atoms. The van der Waals surface area contributed by atoms with Gasteiger partial charge < -0.3 is 59.4 Å². The summed E-state index contributed by atoms with van der Waals surface area (Å²) in [5.41, 5.74) is -2.36. The molecule has 314 valence electrons. The van der Waals surface area contributed by atoms with Gasteiger partial charge in [0.2, 0.25) is 12.1 Å². The van der Waals surface area contributed by atoms with Crippen molar-refractivity contribution in [3.05, 3.63) is 35.1 Å². The predicted octanol–water partition coefficient (Wildman–Crippen LogP) is 1.60. The smallest absolute Gasteiger partial charge is 0.229 e. The summed E-state index contributed by atoms with van der Waals surface area (Å²) in [7, 11) is 0. The average molecular weight is 791 g/mol. The molecule has 0 aromatic carbocycles. The first-order valence-corrected chi connectivity index (χ1v) is 20.1. The van der Waals surface area contributed by atoms with Gasteiger partial charge in [0.25, 0.3) is 0 Å². The van der Waals surface area contributed by atoms with Crippen LogP contribution in [0.3, 0.4) is 0 Å². The van der Waals surface area contributed by atoms with Crippen LogP contribution in [-0.2, 0) is 33.3 Å². The summed E-state index contributed by atoms with van der Waals surface area (Å²) in [4.78, 5) is 29.4. The Morgan fingerprint density at radius 1 is 0.875 bits per heavy atom. The molecule has 0 bridgehead atoms. The number of ether oxygens (including phenoxy) is 5. The minimum atomic E-state index is -1.78. The van der Waals surface area contributed by atoms with Gasteiger partial charge in [-0.15, -0.1) is 0 Å².